The molecular formula is C19H16O3. The van der Waals surface area contributed by atoms with Crippen LogP contribution in [0.2, 0.25) is 0 Å². The highest BCUT2D eigenvalue weighted by atomic mass is 16.5. The summed E-state index contributed by atoms with van der Waals surface area (Å²) in [5, 5.41) is 11.1. The van der Waals surface area contributed by atoms with Crippen molar-refractivity contribution in [2.24, 2.45) is 0 Å². The van der Waals surface area contributed by atoms with Gasteiger partial charge >= 0.3 is 5.97 Å². The van der Waals surface area contributed by atoms with E-state index in [2.05, 4.69) is 0 Å². The van der Waals surface area contributed by atoms with Crippen LogP contribution < -0.4 is 4.74 Å². The molecule has 0 unspecified atom stereocenters. The number of carboxylic acids is 1. The zero-order valence-electron chi connectivity index (χ0n) is 12.2. The highest BCUT2D eigenvalue weighted by Crippen LogP contribution is 2.28. The summed E-state index contributed by atoms with van der Waals surface area (Å²) < 4.78 is 5.75. The minimum absolute atomic E-state index is 0.213. The summed E-state index contributed by atoms with van der Waals surface area (Å²) in [5.41, 5.74) is 2.40. The molecule has 3 aromatic carbocycles. The van der Waals surface area contributed by atoms with E-state index in [1.807, 2.05) is 55.5 Å². The van der Waals surface area contributed by atoms with Crippen LogP contribution in [0.3, 0.4) is 0 Å². The van der Waals surface area contributed by atoms with Crippen LogP contribution in [-0.2, 0) is 6.61 Å². The third-order valence-corrected chi connectivity index (χ3v) is 3.62. The van der Waals surface area contributed by atoms with Gasteiger partial charge in [0.2, 0.25) is 0 Å². The molecule has 1 N–H and O–H groups in total. The maximum absolute atomic E-state index is 11.6. The van der Waals surface area contributed by atoms with Crippen LogP contribution in [0.4, 0.5) is 0 Å². The van der Waals surface area contributed by atoms with E-state index in [9.17, 15) is 9.90 Å². The standard InChI is InChI=1S/C19H16O3/c1-13-6-8-14(9-7-13)12-22-17-11-10-15-4-2-3-5-16(15)18(17)19(20)21/h2-11H,12H2,1H3,(H,20,21). The average Bonchev–Trinajstić information content (AvgIpc) is 2.53. The lowest BCUT2D eigenvalue weighted by molar-refractivity contribution is 0.0694. The normalized spacial score (nSPS) is 10.6. The topological polar surface area (TPSA) is 46.5 Å². The fourth-order valence-corrected chi connectivity index (χ4v) is 2.44. The van der Waals surface area contributed by atoms with E-state index < -0.39 is 5.97 Å². The lowest BCUT2D eigenvalue weighted by Gasteiger charge is -2.12. The Balaban J connectivity index is 1.94. The number of hydrogen-bond acceptors (Lipinski definition) is 2. The molecule has 0 aliphatic carbocycles. The van der Waals surface area contributed by atoms with Gasteiger partial charge in [-0.25, -0.2) is 4.79 Å². The molecule has 22 heavy (non-hydrogen) atoms. The molecule has 3 heteroatoms. The van der Waals surface area contributed by atoms with Gasteiger partial charge in [-0.2, -0.15) is 0 Å². The second-order valence-corrected chi connectivity index (χ2v) is 5.24. The molecule has 110 valence electrons. The van der Waals surface area contributed by atoms with E-state index in [4.69, 9.17) is 4.74 Å². The van der Waals surface area contributed by atoms with Crippen molar-refractivity contribution in [3.05, 3.63) is 77.4 Å². The van der Waals surface area contributed by atoms with Crippen LogP contribution in [0.25, 0.3) is 10.8 Å². The van der Waals surface area contributed by atoms with Gasteiger partial charge in [-0.1, -0.05) is 60.2 Å². The van der Waals surface area contributed by atoms with Gasteiger partial charge in [-0.3, -0.25) is 0 Å². The predicted octanol–water partition coefficient (Wildman–Crippen LogP) is 4.43. The summed E-state index contributed by atoms with van der Waals surface area (Å²) in [7, 11) is 0. The largest absolute Gasteiger partial charge is 0.488 e. The van der Waals surface area contributed by atoms with Gasteiger partial charge in [0.1, 0.15) is 17.9 Å². The van der Waals surface area contributed by atoms with Crippen molar-refractivity contribution in [1.82, 2.24) is 0 Å². The minimum Gasteiger partial charge on any atom is -0.488 e. The predicted molar refractivity (Wildman–Crippen MR) is 86.4 cm³/mol. The summed E-state index contributed by atoms with van der Waals surface area (Å²) in [6, 6.07) is 19.0. The third kappa shape index (κ3) is 2.79. The molecule has 0 bridgehead atoms. The molecule has 0 spiro atoms. The van der Waals surface area contributed by atoms with Crippen LogP contribution in [0.1, 0.15) is 21.5 Å². The van der Waals surface area contributed by atoms with Crippen LogP contribution in [0.5, 0.6) is 5.75 Å². The molecule has 3 nitrogen and oxygen atoms in total. The molecule has 0 aliphatic rings. The summed E-state index contributed by atoms with van der Waals surface area (Å²) >= 11 is 0. The van der Waals surface area contributed by atoms with E-state index in [0.717, 1.165) is 10.9 Å². The molecule has 3 aromatic rings. The quantitative estimate of drug-likeness (QED) is 0.774. The van der Waals surface area contributed by atoms with Crippen molar-refractivity contribution >= 4 is 16.7 Å². The second-order valence-electron chi connectivity index (χ2n) is 5.24. The van der Waals surface area contributed by atoms with Crippen LogP contribution in [0, 0.1) is 6.92 Å². The van der Waals surface area contributed by atoms with Crippen molar-refractivity contribution in [2.45, 2.75) is 13.5 Å². The SMILES string of the molecule is Cc1ccc(COc2ccc3ccccc3c2C(=O)O)cc1. The van der Waals surface area contributed by atoms with Crippen molar-refractivity contribution in [3.8, 4) is 5.75 Å². The maximum Gasteiger partial charge on any atom is 0.340 e. The van der Waals surface area contributed by atoms with E-state index in [-0.39, 0.29) is 5.56 Å². The number of ether oxygens (including phenoxy) is 1. The Morgan fingerprint density at radius 3 is 2.45 bits per heavy atom. The summed E-state index contributed by atoms with van der Waals surface area (Å²) in [6.45, 7) is 2.37. The zero-order chi connectivity index (χ0) is 15.5. The Morgan fingerprint density at radius 2 is 1.73 bits per heavy atom. The first kappa shape index (κ1) is 14.1. The molecule has 0 atom stereocenters. The number of aromatic carboxylic acids is 1. The van der Waals surface area contributed by atoms with E-state index in [0.29, 0.717) is 17.7 Å². The number of aryl methyl sites for hydroxylation is 1. The molecule has 0 aliphatic heterocycles. The Bertz CT molecular complexity index is 820. The lowest BCUT2D eigenvalue weighted by atomic mass is 10.0. The first-order valence-electron chi connectivity index (χ1n) is 7.08. The van der Waals surface area contributed by atoms with Crippen molar-refractivity contribution in [1.29, 1.82) is 0 Å². The number of carboxylic acid groups (broad SMARTS) is 1. The highest BCUT2D eigenvalue weighted by Gasteiger charge is 2.15. The van der Waals surface area contributed by atoms with Gasteiger partial charge < -0.3 is 9.84 Å². The monoisotopic (exact) mass is 292 g/mol. The Labute approximate surface area is 128 Å². The van der Waals surface area contributed by atoms with Gasteiger partial charge in [0.15, 0.2) is 0 Å². The smallest absolute Gasteiger partial charge is 0.340 e. The number of benzene rings is 3. The molecule has 0 fully saturated rings. The van der Waals surface area contributed by atoms with Crippen molar-refractivity contribution in [2.75, 3.05) is 0 Å². The van der Waals surface area contributed by atoms with Gasteiger partial charge in [0.05, 0.1) is 0 Å². The Hall–Kier alpha value is -2.81. The van der Waals surface area contributed by atoms with Gasteiger partial charge in [-0.05, 0) is 29.3 Å². The minimum atomic E-state index is -0.976. The molecule has 3 rings (SSSR count). The van der Waals surface area contributed by atoms with Gasteiger partial charge in [-0.15, -0.1) is 0 Å². The van der Waals surface area contributed by atoms with Crippen LogP contribution >= 0.6 is 0 Å². The molecular weight excluding hydrogens is 276 g/mol. The van der Waals surface area contributed by atoms with E-state index in [1.54, 1.807) is 12.1 Å². The van der Waals surface area contributed by atoms with Crippen LogP contribution in [0.15, 0.2) is 60.7 Å². The fraction of sp³-hybridized carbons (Fsp3) is 0.105. The summed E-state index contributed by atoms with van der Waals surface area (Å²) in [6.07, 6.45) is 0. The molecule has 0 aromatic heterocycles. The third-order valence-electron chi connectivity index (χ3n) is 3.62. The molecule has 0 saturated carbocycles. The maximum atomic E-state index is 11.6. The number of rotatable bonds is 4. The average molecular weight is 292 g/mol. The van der Waals surface area contributed by atoms with Gasteiger partial charge in [0, 0.05) is 0 Å². The van der Waals surface area contributed by atoms with Crippen molar-refractivity contribution < 1.29 is 14.6 Å². The van der Waals surface area contributed by atoms with Gasteiger partial charge in [0.25, 0.3) is 0 Å². The Kier molecular flexibility index (Phi) is 3.79. The molecule has 0 saturated heterocycles. The molecule has 0 radical (unpaired) electrons. The number of fused-ring (bicyclic) bond motifs is 1. The van der Waals surface area contributed by atoms with E-state index >= 15 is 0 Å². The zero-order valence-corrected chi connectivity index (χ0v) is 12.2. The summed E-state index contributed by atoms with van der Waals surface area (Å²) in [4.78, 5) is 11.6. The second kappa shape index (κ2) is 5.90. The van der Waals surface area contributed by atoms with E-state index in [1.165, 1.54) is 5.56 Å². The summed E-state index contributed by atoms with van der Waals surface area (Å²) in [5.74, 6) is -0.581. The highest BCUT2D eigenvalue weighted by molar-refractivity contribution is 6.06. The lowest BCUT2D eigenvalue weighted by Crippen LogP contribution is -2.04. The molecule has 0 amide bonds. The number of hydrogen-bond donors (Lipinski definition) is 1. The first-order valence-corrected chi connectivity index (χ1v) is 7.08. The number of carbonyl (C=O) groups is 1. The molecule has 0 heterocycles. The van der Waals surface area contributed by atoms with Crippen molar-refractivity contribution in [3.63, 3.8) is 0 Å². The first-order chi connectivity index (χ1) is 10.6. The fourth-order valence-electron chi connectivity index (χ4n) is 2.44. The Morgan fingerprint density at radius 1 is 1.00 bits per heavy atom. The van der Waals surface area contributed by atoms with Crippen LogP contribution in [-0.4, -0.2) is 11.1 Å².